The van der Waals surface area contributed by atoms with Crippen LogP contribution in [0.25, 0.3) is 0 Å². The number of hydrogen-bond donors (Lipinski definition) is 4. The number of aromatic nitrogens is 2. The zero-order valence-electron chi connectivity index (χ0n) is 14.0. The van der Waals surface area contributed by atoms with Crippen LogP contribution < -0.4 is 21.7 Å². The van der Waals surface area contributed by atoms with E-state index in [0.717, 1.165) is 20.6 Å². The molecule has 2 aromatic carbocycles. The van der Waals surface area contributed by atoms with Crippen molar-refractivity contribution in [1.82, 2.24) is 9.97 Å². The highest BCUT2D eigenvalue weighted by atomic mass is 127. The first-order valence-electron chi connectivity index (χ1n) is 7.79. The number of hydrogen-bond acceptors (Lipinski definition) is 6. The Morgan fingerprint density at radius 3 is 1.85 bits per heavy atom. The summed E-state index contributed by atoms with van der Waals surface area (Å²) in [6, 6.07) is 15.2. The molecule has 0 saturated carbocycles. The highest BCUT2D eigenvalue weighted by molar-refractivity contribution is 14.1. The maximum atomic E-state index is 11.1. The molecule has 0 aliphatic heterocycles. The summed E-state index contributed by atoms with van der Waals surface area (Å²) >= 11 is 2.25. The molecule has 26 heavy (non-hydrogen) atoms. The Bertz CT molecular complexity index is 912. The van der Waals surface area contributed by atoms with E-state index in [1.165, 1.54) is 13.3 Å². The number of nitrogen functional groups attached to an aromatic ring is 1. The minimum absolute atomic E-state index is 0.114. The number of anilines is 6. The zero-order valence-corrected chi connectivity index (χ0v) is 16.1. The van der Waals surface area contributed by atoms with E-state index in [1.807, 2.05) is 36.4 Å². The van der Waals surface area contributed by atoms with Gasteiger partial charge in [-0.25, -0.2) is 9.97 Å². The Kier molecular flexibility index (Phi) is 5.52. The van der Waals surface area contributed by atoms with Crippen molar-refractivity contribution >= 4 is 62.9 Å². The first kappa shape index (κ1) is 17.9. The molecule has 1 aromatic heterocycles. The third-order valence-electron chi connectivity index (χ3n) is 3.46. The molecule has 0 fully saturated rings. The number of nitrogens with zero attached hydrogens (tertiary/aromatic N) is 2. The average molecular weight is 460 g/mol. The van der Waals surface area contributed by atoms with Gasteiger partial charge in [-0.1, -0.05) is 0 Å². The van der Waals surface area contributed by atoms with Crippen LogP contribution in [0.4, 0.5) is 34.4 Å². The van der Waals surface area contributed by atoms with Crippen LogP contribution in [0.1, 0.15) is 6.92 Å². The first-order valence-corrected chi connectivity index (χ1v) is 8.87. The van der Waals surface area contributed by atoms with E-state index in [0.29, 0.717) is 17.3 Å². The van der Waals surface area contributed by atoms with Gasteiger partial charge in [-0.3, -0.25) is 4.79 Å². The lowest BCUT2D eigenvalue weighted by Gasteiger charge is -2.13. The van der Waals surface area contributed by atoms with Crippen molar-refractivity contribution in [2.24, 2.45) is 0 Å². The zero-order chi connectivity index (χ0) is 18.5. The van der Waals surface area contributed by atoms with Gasteiger partial charge in [-0.2, -0.15) is 0 Å². The fourth-order valence-electron chi connectivity index (χ4n) is 2.24. The maximum absolute atomic E-state index is 11.1. The van der Waals surface area contributed by atoms with Crippen LogP contribution in [0, 0.1) is 3.57 Å². The smallest absolute Gasteiger partial charge is 0.221 e. The molecular formula is C18H17IN6O. The summed E-state index contributed by atoms with van der Waals surface area (Å²) in [5.74, 6) is 0.913. The number of halogens is 1. The minimum atomic E-state index is -0.114. The summed E-state index contributed by atoms with van der Waals surface area (Å²) in [6.07, 6.45) is 1.44. The first-order chi connectivity index (χ1) is 12.5. The van der Waals surface area contributed by atoms with Crippen LogP contribution in [-0.4, -0.2) is 15.9 Å². The third-order valence-corrected chi connectivity index (χ3v) is 4.18. The van der Waals surface area contributed by atoms with Crippen LogP contribution in [0.2, 0.25) is 0 Å². The molecule has 0 aliphatic carbocycles. The van der Waals surface area contributed by atoms with Crippen molar-refractivity contribution in [3.63, 3.8) is 0 Å². The van der Waals surface area contributed by atoms with Gasteiger partial charge in [0.05, 0.1) is 0 Å². The van der Waals surface area contributed by atoms with Gasteiger partial charge in [0, 0.05) is 27.6 Å². The van der Waals surface area contributed by atoms with Gasteiger partial charge < -0.3 is 21.7 Å². The Labute approximate surface area is 164 Å². The van der Waals surface area contributed by atoms with Crippen molar-refractivity contribution in [2.75, 3.05) is 21.7 Å². The highest BCUT2D eigenvalue weighted by Gasteiger charge is 2.09. The molecule has 0 radical (unpaired) electrons. The number of nitrogens with two attached hydrogens (primary N) is 1. The molecule has 7 nitrogen and oxygen atoms in total. The normalized spacial score (nSPS) is 10.2. The second-order valence-corrected chi connectivity index (χ2v) is 6.75. The topological polar surface area (TPSA) is 105 Å². The average Bonchev–Trinajstić information content (AvgIpc) is 2.61. The molecule has 0 saturated heterocycles. The Morgan fingerprint density at radius 2 is 1.35 bits per heavy atom. The molecule has 8 heteroatoms. The van der Waals surface area contributed by atoms with Crippen LogP contribution in [0.5, 0.6) is 0 Å². The van der Waals surface area contributed by atoms with Crippen molar-refractivity contribution in [3.05, 3.63) is 58.4 Å². The van der Waals surface area contributed by atoms with Crippen molar-refractivity contribution in [2.45, 2.75) is 6.92 Å². The number of amides is 1. The Balaban J connectivity index is 1.76. The van der Waals surface area contributed by atoms with E-state index >= 15 is 0 Å². The molecule has 5 N–H and O–H groups in total. The summed E-state index contributed by atoms with van der Waals surface area (Å²) in [7, 11) is 0. The van der Waals surface area contributed by atoms with E-state index in [1.54, 1.807) is 12.1 Å². The number of rotatable bonds is 5. The van der Waals surface area contributed by atoms with Gasteiger partial charge in [0.1, 0.15) is 12.0 Å². The standard InChI is InChI=1S/C18H17IN6O/c1-11(26)23-13-6-8-15(9-7-13)25-18-16(20)17(21-10-22-18)24-14-4-2-12(19)3-5-14/h2-10H,20H2,1H3,(H,23,26)(H2,21,22,24,25). The monoisotopic (exact) mass is 460 g/mol. The summed E-state index contributed by atoms with van der Waals surface area (Å²) in [5, 5.41) is 9.07. The quantitative estimate of drug-likeness (QED) is 0.428. The van der Waals surface area contributed by atoms with Gasteiger partial charge in [0.2, 0.25) is 5.91 Å². The van der Waals surface area contributed by atoms with Crippen molar-refractivity contribution in [1.29, 1.82) is 0 Å². The fraction of sp³-hybridized carbons (Fsp3) is 0.0556. The van der Waals surface area contributed by atoms with Crippen LogP contribution >= 0.6 is 22.6 Å². The SMILES string of the molecule is CC(=O)Nc1ccc(Nc2ncnc(Nc3ccc(I)cc3)c2N)cc1. The van der Waals surface area contributed by atoms with Crippen LogP contribution in [0.3, 0.4) is 0 Å². The van der Waals surface area contributed by atoms with E-state index in [9.17, 15) is 4.79 Å². The Hall–Kier alpha value is -2.88. The number of carbonyl (C=O) groups is 1. The second kappa shape index (κ2) is 8.00. The fourth-order valence-corrected chi connectivity index (χ4v) is 2.60. The molecule has 0 spiro atoms. The summed E-state index contributed by atoms with van der Waals surface area (Å²) in [6.45, 7) is 1.47. The molecule has 0 aliphatic rings. The van der Waals surface area contributed by atoms with Crippen LogP contribution in [0.15, 0.2) is 54.9 Å². The molecule has 1 heterocycles. The lowest BCUT2D eigenvalue weighted by atomic mass is 10.2. The molecule has 3 aromatic rings. The van der Waals surface area contributed by atoms with Crippen molar-refractivity contribution in [3.8, 4) is 0 Å². The van der Waals surface area contributed by atoms with Gasteiger partial charge in [0.15, 0.2) is 11.6 Å². The number of nitrogens with one attached hydrogen (secondary N) is 3. The predicted molar refractivity (Wildman–Crippen MR) is 113 cm³/mol. The molecule has 0 unspecified atom stereocenters. The molecule has 1 amide bonds. The van der Waals surface area contributed by atoms with E-state index < -0.39 is 0 Å². The number of carbonyl (C=O) groups excluding carboxylic acids is 1. The van der Waals surface area contributed by atoms with E-state index in [-0.39, 0.29) is 5.91 Å². The summed E-state index contributed by atoms with van der Waals surface area (Å²) < 4.78 is 1.15. The number of benzene rings is 2. The van der Waals surface area contributed by atoms with Gasteiger partial charge in [0.25, 0.3) is 0 Å². The second-order valence-electron chi connectivity index (χ2n) is 5.50. The third kappa shape index (κ3) is 4.60. The van der Waals surface area contributed by atoms with E-state index in [2.05, 4.69) is 48.5 Å². The van der Waals surface area contributed by atoms with Gasteiger partial charge >= 0.3 is 0 Å². The maximum Gasteiger partial charge on any atom is 0.221 e. The summed E-state index contributed by atoms with van der Waals surface area (Å²) in [4.78, 5) is 19.5. The lowest BCUT2D eigenvalue weighted by Crippen LogP contribution is -2.06. The molecular weight excluding hydrogens is 443 g/mol. The highest BCUT2D eigenvalue weighted by Crippen LogP contribution is 2.28. The van der Waals surface area contributed by atoms with Gasteiger partial charge in [-0.15, -0.1) is 0 Å². The lowest BCUT2D eigenvalue weighted by molar-refractivity contribution is -0.114. The molecule has 3 rings (SSSR count). The van der Waals surface area contributed by atoms with Gasteiger partial charge in [-0.05, 0) is 71.1 Å². The van der Waals surface area contributed by atoms with Crippen LogP contribution in [-0.2, 0) is 4.79 Å². The van der Waals surface area contributed by atoms with Crippen molar-refractivity contribution < 1.29 is 4.79 Å². The molecule has 0 bridgehead atoms. The molecule has 132 valence electrons. The Morgan fingerprint density at radius 1 is 0.885 bits per heavy atom. The minimum Gasteiger partial charge on any atom is -0.393 e. The summed E-state index contributed by atoms with van der Waals surface area (Å²) in [5.41, 5.74) is 9.02. The molecule has 0 atom stereocenters. The van der Waals surface area contributed by atoms with E-state index in [4.69, 9.17) is 5.73 Å². The predicted octanol–water partition coefficient (Wildman–Crippen LogP) is 4.11. The largest absolute Gasteiger partial charge is 0.393 e.